The van der Waals surface area contributed by atoms with Crippen molar-refractivity contribution >= 4 is 27.5 Å². The number of carbonyl (C=O) groups excluding carboxylic acids is 2. The van der Waals surface area contributed by atoms with Crippen LogP contribution in [0.4, 0.5) is 5.69 Å². The molecule has 0 bridgehead atoms. The number of rotatable bonds is 12. The molecule has 0 fully saturated rings. The van der Waals surface area contributed by atoms with Crippen LogP contribution in [0.1, 0.15) is 49.4 Å². The molecule has 0 saturated heterocycles. The summed E-state index contributed by atoms with van der Waals surface area (Å²) in [7, 11) is -2.74. The van der Waals surface area contributed by atoms with E-state index in [9.17, 15) is 18.0 Å². The molecule has 1 unspecified atom stereocenters. The van der Waals surface area contributed by atoms with Gasteiger partial charge in [-0.25, -0.2) is 8.42 Å². The molecule has 0 spiro atoms. The van der Waals surface area contributed by atoms with Crippen molar-refractivity contribution in [3.05, 3.63) is 89.0 Å². The molecule has 3 aromatic rings. The van der Waals surface area contributed by atoms with Crippen molar-refractivity contribution in [1.29, 1.82) is 0 Å². The van der Waals surface area contributed by atoms with Gasteiger partial charge >= 0.3 is 0 Å². The van der Waals surface area contributed by atoms with Gasteiger partial charge in [-0.3, -0.25) is 13.9 Å². The van der Waals surface area contributed by atoms with Gasteiger partial charge in [-0.1, -0.05) is 55.0 Å². The molecule has 3 aromatic carbocycles. The summed E-state index contributed by atoms with van der Waals surface area (Å²) < 4.78 is 34.9. The molecule has 0 aliphatic rings. The van der Waals surface area contributed by atoms with E-state index in [0.29, 0.717) is 12.2 Å². The molecule has 220 valence electrons. The van der Waals surface area contributed by atoms with Crippen molar-refractivity contribution in [3.8, 4) is 5.75 Å². The Kier molecular flexibility index (Phi) is 10.6. The third kappa shape index (κ3) is 7.67. The molecule has 0 aromatic heterocycles. The summed E-state index contributed by atoms with van der Waals surface area (Å²) in [5, 5.41) is 2.92. The monoisotopic (exact) mass is 579 g/mol. The second-order valence-corrected chi connectivity index (χ2v) is 12.4. The molecular weight excluding hydrogens is 538 g/mol. The number of nitrogens with one attached hydrogen (secondary N) is 1. The fourth-order valence-electron chi connectivity index (χ4n) is 4.62. The molecule has 0 aliphatic heterocycles. The zero-order chi connectivity index (χ0) is 30.3. The Morgan fingerprint density at radius 2 is 1.56 bits per heavy atom. The summed E-state index contributed by atoms with van der Waals surface area (Å²) in [6.45, 7) is 10.8. The molecule has 3 rings (SSSR count). The van der Waals surface area contributed by atoms with Crippen LogP contribution in [0, 0.1) is 20.8 Å². The predicted molar refractivity (Wildman–Crippen MR) is 163 cm³/mol. The molecule has 0 aliphatic carbocycles. The minimum absolute atomic E-state index is 0.0505. The maximum atomic E-state index is 14.2. The lowest BCUT2D eigenvalue weighted by molar-refractivity contribution is -0.140. The molecule has 1 N–H and O–H groups in total. The van der Waals surface area contributed by atoms with Gasteiger partial charge in [0, 0.05) is 12.6 Å². The topological polar surface area (TPSA) is 96.0 Å². The summed E-state index contributed by atoms with van der Waals surface area (Å²) in [5.41, 5.74) is 3.80. The summed E-state index contributed by atoms with van der Waals surface area (Å²) in [4.78, 5) is 29.1. The first-order valence-electron chi connectivity index (χ1n) is 13.8. The Morgan fingerprint density at radius 1 is 0.927 bits per heavy atom. The predicted octanol–water partition coefficient (Wildman–Crippen LogP) is 5.15. The van der Waals surface area contributed by atoms with Gasteiger partial charge in [0.1, 0.15) is 18.3 Å². The fraction of sp³-hybridized carbons (Fsp3) is 0.375. The number of nitrogens with zero attached hydrogens (tertiary/aromatic N) is 2. The number of methoxy groups -OCH3 is 1. The van der Waals surface area contributed by atoms with Crippen LogP contribution in [0.25, 0.3) is 0 Å². The molecule has 0 radical (unpaired) electrons. The number of ether oxygens (including phenoxy) is 1. The molecular formula is C32H41N3O5S. The quantitative estimate of drug-likeness (QED) is 0.320. The van der Waals surface area contributed by atoms with Crippen LogP contribution in [0.3, 0.4) is 0 Å². The summed E-state index contributed by atoms with van der Waals surface area (Å²) >= 11 is 0. The van der Waals surface area contributed by atoms with Crippen LogP contribution in [-0.4, -0.2) is 50.9 Å². The van der Waals surface area contributed by atoms with Crippen LogP contribution >= 0.6 is 0 Å². The Balaban J connectivity index is 2.15. The Hall–Kier alpha value is -3.85. The van der Waals surface area contributed by atoms with Crippen molar-refractivity contribution in [2.24, 2.45) is 0 Å². The van der Waals surface area contributed by atoms with Gasteiger partial charge in [-0.15, -0.1) is 0 Å². The average Bonchev–Trinajstić information content (AvgIpc) is 2.92. The zero-order valence-electron chi connectivity index (χ0n) is 25.0. The zero-order valence-corrected chi connectivity index (χ0v) is 25.8. The third-order valence-corrected chi connectivity index (χ3v) is 8.68. The highest BCUT2D eigenvalue weighted by atomic mass is 32.2. The van der Waals surface area contributed by atoms with E-state index in [0.717, 1.165) is 26.6 Å². The van der Waals surface area contributed by atoms with Crippen molar-refractivity contribution in [2.75, 3.05) is 18.0 Å². The molecule has 8 nitrogen and oxygen atoms in total. The first-order valence-corrected chi connectivity index (χ1v) is 15.2. The average molecular weight is 580 g/mol. The lowest BCUT2D eigenvalue weighted by atomic mass is 10.1. The largest absolute Gasteiger partial charge is 0.495 e. The van der Waals surface area contributed by atoms with Gasteiger partial charge in [-0.2, -0.15) is 0 Å². The number of sulfonamides is 1. The molecule has 1 atom stereocenters. The van der Waals surface area contributed by atoms with Gasteiger partial charge in [0.05, 0.1) is 17.7 Å². The van der Waals surface area contributed by atoms with E-state index in [4.69, 9.17) is 4.74 Å². The lowest BCUT2D eigenvalue weighted by Crippen LogP contribution is -2.53. The highest BCUT2D eigenvalue weighted by Gasteiger charge is 2.35. The SMILES string of the molecule is CCC(C(=O)NC(C)C)N(Cc1ccccc1C)C(=O)CN(c1cc(C)ccc1OC)S(=O)(=O)c1ccc(C)cc1. The molecule has 0 heterocycles. The van der Waals surface area contributed by atoms with E-state index in [1.165, 1.54) is 24.1 Å². The van der Waals surface area contributed by atoms with E-state index in [2.05, 4.69) is 5.32 Å². The maximum Gasteiger partial charge on any atom is 0.264 e. The minimum atomic E-state index is -4.20. The van der Waals surface area contributed by atoms with E-state index in [-0.39, 0.29) is 29.1 Å². The molecule has 9 heteroatoms. The van der Waals surface area contributed by atoms with Crippen molar-refractivity contribution < 1.29 is 22.7 Å². The standard InChI is InChI=1S/C32H41N3O5S/c1-8-28(32(37)33-22(2)3)34(20-26-12-10-9-11-25(26)6)31(36)21-35(29-19-24(5)15-18-30(29)40-7)41(38,39)27-16-13-23(4)14-17-27/h9-19,22,28H,8,20-21H2,1-7H3,(H,33,37). The molecule has 2 amide bonds. The van der Waals surface area contributed by atoms with Crippen molar-refractivity contribution in [1.82, 2.24) is 10.2 Å². The second-order valence-electron chi connectivity index (χ2n) is 10.5. The number of carbonyl (C=O) groups is 2. The van der Waals surface area contributed by atoms with Gasteiger partial charge in [0.15, 0.2) is 0 Å². The van der Waals surface area contributed by atoms with Crippen molar-refractivity contribution in [3.63, 3.8) is 0 Å². The number of hydrogen-bond acceptors (Lipinski definition) is 5. The first kappa shape index (κ1) is 31.7. The van der Waals surface area contributed by atoms with Crippen LogP contribution in [0.5, 0.6) is 5.75 Å². The third-order valence-electron chi connectivity index (χ3n) is 6.91. The Labute approximate surface area is 244 Å². The Morgan fingerprint density at radius 3 is 2.15 bits per heavy atom. The molecule has 0 saturated carbocycles. The first-order chi connectivity index (χ1) is 19.4. The van der Waals surface area contributed by atoms with Crippen molar-refractivity contribution in [2.45, 2.75) is 71.5 Å². The van der Waals surface area contributed by atoms with Gasteiger partial charge in [0.25, 0.3) is 10.0 Å². The minimum Gasteiger partial charge on any atom is -0.495 e. The van der Waals surface area contributed by atoms with E-state index >= 15 is 0 Å². The summed E-state index contributed by atoms with van der Waals surface area (Å²) in [6.07, 6.45) is 0.356. The number of anilines is 1. The number of aryl methyl sites for hydroxylation is 3. The molecule has 41 heavy (non-hydrogen) atoms. The summed E-state index contributed by atoms with van der Waals surface area (Å²) in [6, 6.07) is 18.4. The van der Waals surface area contributed by atoms with Crippen LogP contribution < -0.4 is 14.4 Å². The highest BCUT2D eigenvalue weighted by Crippen LogP contribution is 2.34. The van der Waals surface area contributed by atoms with E-state index in [1.807, 2.05) is 71.9 Å². The lowest BCUT2D eigenvalue weighted by Gasteiger charge is -2.34. The second kappa shape index (κ2) is 13.7. The van der Waals surface area contributed by atoms with Gasteiger partial charge in [-0.05, 0) is 82.0 Å². The van der Waals surface area contributed by atoms with Crippen LogP contribution in [0.15, 0.2) is 71.6 Å². The van der Waals surface area contributed by atoms with E-state index in [1.54, 1.807) is 24.3 Å². The van der Waals surface area contributed by atoms with Crippen LogP contribution in [-0.2, 0) is 26.2 Å². The fourth-order valence-corrected chi connectivity index (χ4v) is 6.03. The van der Waals surface area contributed by atoms with Gasteiger partial charge < -0.3 is 15.0 Å². The number of hydrogen-bond donors (Lipinski definition) is 1. The van der Waals surface area contributed by atoms with E-state index < -0.39 is 28.5 Å². The van der Waals surface area contributed by atoms with Crippen LogP contribution in [0.2, 0.25) is 0 Å². The number of benzene rings is 3. The number of amides is 2. The maximum absolute atomic E-state index is 14.2. The van der Waals surface area contributed by atoms with Gasteiger partial charge in [0.2, 0.25) is 11.8 Å². The smallest absolute Gasteiger partial charge is 0.264 e. The summed E-state index contributed by atoms with van der Waals surface area (Å²) in [5.74, 6) is -0.474. The highest BCUT2D eigenvalue weighted by molar-refractivity contribution is 7.92. The normalized spacial score (nSPS) is 12.1. The Bertz CT molecular complexity index is 1470.